The van der Waals surface area contributed by atoms with E-state index in [-0.39, 0.29) is 17.2 Å². The van der Waals surface area contributed by atoms with Crippen LogP contribution in [-0.4, -0.2) is 16.4 Å². The van der Waals surface area contributed by atoms with E-state index in [9.17, 15) is 14.9 Å². The van der Waals surface area contributed by atoms with Crippen LogP contribution in [-0.2, 0) is 6.42 Å². The van der Waals surface area contributed by atoms with Crippen LogP contribution in [0.3, 0.4) is 0 Å². The monoisotopic (exact) mass is 347 g/mol. The van der Waals surface area contributed by atoms with Crippen LogP contribution in [0.4, 0.5) is 5.69 Å². The molecule has 0 heterocycles. The number of benzene rings is 2. The van der Waals surface area contributed by atoms with Crippen molar-refractivity contribution in [2.45, 2.75) is 6.42 Å². The fourth-order valence-electron chi connectivity index (χ4n) is 2.93. The minimum atomic E-state index is -0.492. The molecule has 0 spiro atoms. The summed E-state index contributed by atoms with van der Waals surface area (Å²) in [5.41, 5.74) is 8.23. The average Bonchev–Trinajstić information content (AvgIpc) is 2.66. The number of nitrogens with zero attached hydrogens (tertiary/aromatic N) is 1. The summed E-state index contributed by atoms with van der Waals surface area (Å²) in [5, 5.41) is 19.1. The van der Waals surface area contributed by atoms with Gasteiger partial charge in [-0.25, -0.2) is 0 Å². The lowest BCUT2D eigenvalue weighted by Gasteiger charge is -2.24. The Morgan fingerprint density at radius 1 is 1.08 bits per heavy atom. The molecule has 2 aromatic carbocycles. The summed E-state index contributed by atoms with van der Waals surface area (Å²) in [4.78, 5) is 23.2. The summed E-state index contributed by atoms with van der Waals surface area (Å²) in [6.45, 7) is 0. The molecule has 26 heavy (non-hydrogen) atoms. The van der Waals surface area contributed by atoms with Gasteiger partial charge in [-0.3, -0.25) is 14.9 Å². The highest BCUT2D eigenvalue weighted by atomic mass is 16.6. The number of rotatable bonds is 5. The lowest BCUT2D eigenvalue weighted by molar-refractivity contribution is -0.384. The molecule has 1 unspecified atom stereocenters. The van der Waals surface area contributed by atoms with Crippen LogP contribution in [0.2, 0.25) is 0 Å². The van der Waals surface area contributed by atoms with Crippen molar-refractivity contribution in [1.29, 1.82) is 5.41 Å². The number of hydrogen-bond acceptors (Lipinski definition) is 5. The van der Waals surface area contributed by atoms with Crippen molar-refractivity contribution in [3.8, 4) is 0 Å². The largest absolute Gasteiger partial charge is 0.397 e. The molecule has 0 radical (unpaired) electrons. The van der Waals surface area contributed by atoms with Gasteiger partial charge in [0.25, 0.3) is 5.69 Å². The Morgan fingerprint density at radius 2 is 1.73 bits per heavy atom. The van der Waals surface area contributed by atoms with Crippen molar-refractivity contribution in [2.75, 3.05) is 0 Å². The molecule has 0 aliphatic heterocycles. The number of carbonyl (C=O) groups excluding carboxylic acids is 1. The van der Waals surface area contributed by atoms with Crippen molar-refractivity contribution in [3.05, 3.63) is 99.3 Å². The zero-order valence-electron chi connectivity index (χ0n) is 13.9. The lowest BCUT2D eigenvalue weighted by atomic mass is 9.80. The number of nitro groups is 1. The van der Waals surface area contributed by atoms with Gasteiger partial charge in [-0.2, -0.15) is 0 Å². The number of allylic oxidation sites excluding steroid dienone is 4. The molecule has 0 saturated carbocycles. The first-order valence-electron chi connectivity index (χ1n) is 8.06. The number of Topliss-reactive ketones (excluding diaryl/α,β-unsaturated/α-hetero) is 1. The summed E-state index contributed by atoms with van der Waals surface area (Å²) in [7, 11) is 0. The first-order chi connectivity index (χ1) is 12.5. The van der Waals surface area contributed by atoms with E-state index < -0.39 is 10.8 Å². The maximum atomic E-state index is 12.9. The van der Waals surface area contributed by atoms with Gasteiger partial charge in [0.05, 0.1) is 16.3 Å². The zero-order chi connectivity index (χ0) is 18.7. The third-order valence-electron chi connectivity index (χ3n) is 4.36. The van der Waals surface area contributed by atoms with Crippen LogP contribution in [0, 0.1) is 21.4 Å². The molecule has 3 N–H and O–H groups in total. The molecule has 0 saturated heterocycles. The average molecular weight is 347 g/mol. The maximum absolute atomic E-state index is 12.9. The van der Waals surface area contributed by atoms with E-state index in [1.807, 2.05) is 6.07 Å². The first kappa shape index (κ1) is 17.3. The Kier molecular flexibility index (Phi) is 4.75. The van der Waals surface area contributed by atoms with Gasteiger partial charge in [-0.15, -0.1) is 0 Å². The third kappa shape index (κ3) is 3.44. The van der Waals surface area contributed by atoms with Gasteiger partial charge in [-0.05, 0) is 18.1 Å². The van der Waals surface area contributed by atoms with Crippen LogP contribution < -0.4 is 5.73 Å². The van der Waals surface area contributed by atoms with Crippen molar-refractivity contribution in [1.82, 2.24) is 0 Å². The smallest absolute Gasteiger partial charge is 0.269 e. The summed E-state index contributed by atoms with van der Waals surface area (Å²) in [6.07, 6.45) is 3.61. The van der Waals surface area contributed by atoms with E-state index in [1.54, 1.807) is 48.6 Å². The number of carbonyl (C=O) groups is 1. The van der Waals surface area contributed by atoms with Gasteiger partial charge in [0.1, 0.15) is 0 Å². The molecular formula is C20H17N3O3. The Bertz CT molecular complexity index is 929. The van der Waals surface area contributed by atoms with Crippen LogP contribution >= 0.6 is 0 Å². The van der Waals surface area contributed by atoms with E-state index in [4.69, 9.17) is 11.1 Å². The van der Waals surface area contributed by atoms with Gasteiger partial charge in [0, 0.05) is 29.2 Å². The number of ketones is 1. The minimum absolute atomic E-state index is 0.00279. The number of nitro benzene ring substituents is 1. The van der Waals surface area contributed by atoms with Gasteiger partial charge < -0.3 is 11.1 Å². The van der Waals surface area contributed by atoms with E-state index >= 15 is 0 Å². The molecule has 0 fully saturated rings. The third-order valence-corrected chi connectivity index (χ3v) is 4.36. The van der Waals surface area contributed by atoms with Gasteiger partial charge in [0.2, 0.25) is 0 Å². The van der Waals surface area contributed by atoms with Crippen LogP contribution in [0.5, 0.6) is 0 Å². The number of nitrogens with two attached hydrogens (primary N) is 1. The lowest BCUT2D eigenvalue weighted by Crippen LogP contribution is -2.30. The molecular weight excluding hydrogens is 330 g/mol. The molecule has 0 amide bonds. The Balaban J connectivity index is 1.91. The topological polar surface area (TPSA) is 110 Å². The Labute approximate surface area is 150 Å². The van der Waals surface area contributed by atoms with Crippen LogP contribution in [0.25, 0.3) is 0 Å². The fraction of sp³-hybridized carbons (Fsp3) is 0.100. The highest BCUT2D eigenvalue weighted by molar-refractivity contribution is 6.16. The van der Waals surface area contributed by atoms with E-state index in [1.165, 1.54) is 12.1 Å². The highest BCUT2D eigenvalue weighted by Gasteiger charge is 2.29. The Morgan fingerprint density at radius 3 is 2.35 bits per heavy atom. The summed E-state index contributed by atoms with van der Waals surface area (Å²) < 4.78 is 0. The molecule has 3 rings (SSSR count). The molecule has 6 heteroatoms. The van der Waals surface area contributed by atoms with Crippen molar-refractivity contribution in [2.24, 2.45) is 11.7 Å². The zero-order valence-corrected chi connectivity index (χ0v) is 13.9. The second-order valence-corrected chi connectivity index (χ2v) is 6.03. The minimum Gasteiger partial charge on any atom is -0.397 e. The number of nitrogens with one attached hydrogen (secondary N) is 1. The summed E-state index contributed by atoms with van der Waals surface area (Å²) in [5.74, 6) is -0.639. The molecule has 0 aromatic heterocycles. The van der Waals surface area contributed by atoms with Crippen molar-refractivity contribution < 1.29 is 9.72 Å². The molecule has 6 nitrogen and oxygen atoms in total. The molecule has 1 aliphatic carbocycles. The van der Waals surface area contributed by atoms with E-state index in [2.05, 4.69) is 0 Å². The quantitative estimate of drug-likeness (QED) is 0.490. The van der Waals surface area contributed by atoms with Crippen molar-refractivity contribution in [3.63, 3.8) is 0 Å². The number of hydrogen-bond donors (Lipinski definition) is 2. The predicted octanol–water partition coefficient (Wildman–Crippen LogP) is 3.44. The molecule has 0 bridgehead atoms. The summed E-state index contributed by atoms with van der Waals surface area (Å²) in [6, 6.07) is 15.0. The second-order valence-electron chi connectivity index (χ2n) is 6.03. The molecule has 130 valence electrons. The molecule has 2 aromatic rings. The SMILES string of the molecule is N=C1C(N)=CC=C(C(=O)c2ccccc2)C1Cc1ccc([N+](=O)[O-])cc1. The van der Waals surface area contributed by atoms with Crippen molar-refractivity contribution >= 4 is 17.2 Å². The van der Waals surface area contributed by atoms with Crippen LogP contribution in [0.15, 0.2) is 78.0 Å². The predicted molar refractivity (Wildman–Crippen MR) is 99.1 cm³/mol. The molecule has 1 aliphatic rings. The fourth-order valence-corrected chi connectivity index (χ4v) is 2.93. The second kappa shape index (κ2) is 7.14. The maximum Gasteiger partial charge on any atom is 0.269 e. The Hall–Kier alpha value is -3.54. The first-order valence-corrected chi connectivity index (χ1v) is 8.06. The van der Waals surface area contributed by atoms with Gasteiger partial charge >= 0.3 is 0 Å². The van der Waals surface area contributed by atoms with Gasteiger partial charge in [0.15, 0.2) is 5.78 Å². The summed E-state index contributed by atoms with van der Waals surface area (Å²) >= 11 is 0. The van der Waals surface area contributed by atoms with E-state index in [0.29, 0.717) is 23.3 Å². The van der Waals surface area contributed by atoms with Crippen LogP contribution in [0.1, 0.15) is 15.9 Å². The highest BCUT2D eigenvalue weighted by Crippen LogP contribution is 2.28. The normalized spacial score (nSPS) is 16.6. The molecule has 1 atom stereocenters. The van der Waals surface area contributed by atoms with E-state index in [0.717, 1.165) is 5.56 Å². The standard InChI is InChI=1S/C20H17N3O3/c21-18-11-10-16(20(24)14-4-2-1-3-5-14)17(19(18)22)12-13-6-8-15(9-7-13)23(25)26/h1-11,17,22H,12,21H2. The van der Waals surface area contributed by atoms with Gasteiger partial charge in [-0.1, -0.05) is 48.5 Å². The number of non-ortho nitro benzene ring substituents is 1.